The Bertz CT molecular complexity index is 376. The number of aliphatic hydroxyl groups is 1. The molecule has 1 aliphatic carbocycles. The number of carbonyl (C=O) groups excluding carboxylic acids is 2. The van der Waals surface area contributed by atoms with Crippen molar-refractivity contribution in [3.05, 3.63) is 12.2 Å². The third kappa shape index (κ3) is 3.20. The van der Waals surface area contributed by atoms with Crippen molar-refractivity contribution in [1.82, 2.24) is 0 Å². The number of ether oxygens (including phenoxy) is 2. The van der Waals surface area contributed by atoms with Gasteiger partial charge in [-0.05, 0) is 31.6 Å². The molecule has 114 valence electrons. The smallest absolute Gasteiger partial charge is 0.315 e. The van der Waals surface area contributed by atoms with Crippen LogP contribution in [0.2, 0.25) is 0 Å². The number of aliphatic hydroxyl groups excluding tert-OH is 1. The number of allylic oxidation sites excluding steroid dienone is 2. The minimum atomic E-state index is -1.03. The summed E-state index contributed by atoms with van der Waals surface area (Å²) in [5, 5.41) is 10.3. The minimum Gasteiger partial charge on any atom is -0.469 e. The van der Waals surface area contributed by atoms with E-state index in [2.05, 4.69) is 4.74 Å². The molecule has 5 heteroatoms. The van der Waals surface area contributed by atoms with Crippen molar-refractivity contribution < 1.29 is 24.2 Å². The van der Waals surface area contributed by atoms with Crippen molar-refractivity contribution in [2.75, 3.05) is 14.2 Å². The zero-order chi connectivity index (χ0) is 15.2. The second-order valence-corrected chi connectivity index (χ2v) is 5.19. The highest BCUT2D eigenvalue weighted by Crippen LogP contribution is 2.49. The average Bonchev–Trinajstić information content (AvgIpc) is 2.76. The fraction of sp³-hybridized carbons (Fsp3) is 0.733. The Labute approximate surface area is 119 Å². The monoisotopic (exact) mass is 284 g/mol. The first-order valence-corrected chi connectivity index (χ1v) is 7.01. The standard InChI is InChI=1S/C15H24O5/c1-4-5-6-9-15(14(18)20-3)11(7-8-12(15)16)10-13(17)19-2/h5-6,11-12,16H,4,7-10H2,1-3H3. The Morgan fingerprint density at radius 1 is 1.25 bits per heavy atom. The van der Waals surface area contributed by atoms with Crippen LogP contribution in [-0.2, 0) is 19.1 Å². The van der Waals surface area contributed by atoms with E-state index in [4.69, 9.17) is 4.74 Å². The van der Waals surface area contributed by atoms with E-state index in [1.54, 1.807) is 0 Å². The highest BCUT2D eigenvalue weighted by molar-refractivity contribution is 5.80. The van der Waals surface area contributed by atoms with Gasteiger partial charge in [0.05, 0.1) is 20.3 Å². The molecule has 5 nitrogen and oxygen atoms in total. The van der Waals surface area contributed by atoms with Crippen LogP contribution >= 0.6 is 0 Å². The Morgan fingerprint density at radius 3 is 2.50 bits per heavy atom. The second kappa shape index (κ2) is 7.43. The molecule has 0 radical (unpaired) electrons. The lowest BCUT2D eigenvalue weighted by Gasteiger charge is -2.34. The minimum absolute atomic E-state index is 0.128. The number of rotatable bonds is 6. The molecule has 3 unspecified atom stereocenters. The average molecular weight is 284 g/mol. The number of carbonyl (C=O) groups is 2. The third-order valence-electron chi connectivity index (χ3n) is 4.18. The molecule has 1 rings (SSSR count). The van der Waals surface area contributed by atoms with E-state index in [1.807, 2.05) is 19.1 Å². The van der Waals surface area contributed by atoms with E-state index >= 15 is 0 Å². The first kappa shape index (κ1) is 16.7. The summed E-state index contributed by atoms with van der Waals surface area (Å²) < 4.78 is 9.59. The molecule has 1 aliphatic rings. The van der Waals surface area contributed by atoms with Gasteiger partial charge in [-0.1, -0.05) is 19.1 Å². The van der Waals surface area contributed by atoms with Crippen LogP contribution in [0.25, 0.3) is 0 Å². The van der Waals surface area contributed by atoms with Gasteiger partial charge in [0.1, 0.15) is 5.41 Å². The molecule has 0 bridgehead atoms. The van der Waals surface area contributed by atoms with Crippen molar-refractivity contribution in [1.29, 1.82) is 0 Å². The van der Waals surface area contributed by atoms with E-state index in [1.165, 1.54) is 14.2 Å². The van der Waals surface area contributed by atoms with Gasteiger partial charge >= 0.3 is 11.9 Å². The normalized spacial score (nSPS) is 29.6. The van der Waals surface area contributed by atoms with E-state index in [0.29, 0.717) is 19.3 Å². The van der Waals surface area contributed by atoms with Crippen LogP contribution in [-0.4, -0.2) is 37.4 Å². The molecule has 0 heterocycles. The molecule has 0 amide bonds. The predicted molar refractivity (Wildman–Crippen MR) is 73.9 cm³/mol. The van der Waals surface area contributed by atoms with E-state index in [-0.39, 0.29) is 18.3 Å². The summed E-state index contributed by atoms with van der Waals surface area (Å²) in [7, 11) is 2.64. The summed E-state index contributed by atoms with van der Waals surface area (Å²) in [6.45, 7) is 2.00. The van der Waals surface area contributed by atoms with Gasteiger partial charge in [0.15, 0.2) is 0 Å². The summed E-state index contributed by atoms with van der Waals surface area (Å²) >= 11 is 0. The van der Waals surface area contributed by atoms with Crippen molar-refractivity contribution in [3.63, 3.8) is 0 Å². The molecule has 0 aromatic heterocycles. The number of methoxy groups -OCH3 is 2. The van der Waals surface area contributed by atoms with Crippen LogP contribution in [0.5, 0.6) is 0 Å². The van der Waals surface area contributed by atoms with Crippen LogP contribution in [0.4, 0.5) is 0 Å². The molecule has 0 aromatic carbocycles. The van der Waals surface area contributed by atoms with E-state index in [9.17, 15) is 14.7 Å². The second-order valence-electron chi connectivity index (χ2n) is 5.19. The SMILES string of the molecule is CCC=CCC1(C(=O)OC)C(O)CCC1CC(=O)OC. The molecule has 1 N–H and O–H groups in total. The molecule has 1 saturated carbocycles. The summed E-state index contributed by atoms with van der Waals surface area (Å²) in [6.07, 6.45) is 5.53. The Morgan fingerprint density at radius 2 is 1.95 bits per heavy atom. The predicted octanol–water partition coefficient (Wildman–Crippen LogP) is 1.84. The largest absolute Gasteiger partial charge is 0.469 e. The summed E-state index contributed by atoms with van der Waals surface area (Å²) in [4.78, 5) is 23.8. The van der Waals surface area contributed by atoms with Crippen molar-refractivity contribution >= 4 is 11.9 Å². The molecular formula is C15H24O5. The summed E-state index contributed by atoms with van der Waals surface area (Å²) in [6, 6.07) is 0. The first-order chi connectivity index (χ1) is 9.52. The molecule has 1 fully saturated rings. The zero-order valence-corrected chi connectivity index (χ0v) is 12.4. The van der Waals surface area contributed by atoms with Crippen LogP contribution in [0.3, 0.4) is 0 Å². The quantitative estimate of drug-likeness (QED) is 0.595. The van der Waals surface area contributed by atoms with Crippen LogP contribution < -0.4 is 0 Å². The van der Waals surface area contributed by atoms with E-state index in [0.717, 1.165) is 6.42 Å². The molecule has 3 atom stereocenters. The molecular weight excluding hydrogens is 260 g/mol. The van der Waals surface area contributed by atoms with Gasteiger partial charge in [0.25, 0.3) is 0 Å². The van der Waals surface area contributed by atoms with Crippen LogP contribution in [0, 0.1) is 11.3 Å². The molecule has 0 spiro atoms. The molecule has 0 saturated heterocycles. The zero-order valence-electron chi connectivity index (χ0n) is 12.4. The number of hydrogen-bond donors (Lipinski definition) is 1. The van der Waals surface area contributed by atoms with Crippen molar-refractivity contribution in [3.8, 4) is 0 Å². The molecule has 0 aromatic rings. The maximum atomic E-state index is 12.3. The topological polar surface area (TPSA) is 72.8 Å². The Kier molecular flexibility index (Phi) is 6.20. The van der Waals surface area contributed by atoms with Gasteiger partial charge in [0.2, 0.25) is 0 Å². The van der Waals surface area contributed by atoms with Gasteiger partial charge in [-0.25, -0.2) is 0 Å². The van der Waals surface area contributed by atoms with Crippen LogP contribution in [0.15, 0.2) is 12.2 Å². The lowest BCUT2D eigenvalue weighted by atomic mass is 9.72. The highest BCUT2D eigenvalue weighted by atomic mass is 16.5. The lowest BCUT2D eigenvalue weighted by Crippen LogP contribution is -2.44. The van der Waals surface area contributed by atoms with Crippen molar-refractivity contribution in [2.24, 2.45) is 11.3 Å². The summed E-state index contributed by atoms with van der Waals surface area (Å²) in [5.41, 5.74) is -1.03. The van der Waals surface area contributed by atoms with Gasteiger partial charge in [0, 0.05) is 6.42 Å². The fourth-order valence-electron chi connectivity index (χ4n) is 3.04. The molecule has 0 aliphatic heterocycles. The fourth-order valence-corrected chi connectivity index (χ4v) is 3.04. The first-order valence-electron chi connectivity index (χ1n) is 7.01. The van der Waals surface area contributed by atoms with E-state index < -0.39 is 17.5 Å². The maximum Gasteiger partial charge on any atom is 0.315 e. The Hall–Kier alpha value is -1.36. The number of esters is 2. The van der Waals surface area contributed by atoms with Gasteiger partial charge in [-0.2, -0.15) is 0 Å². The molecule has 20 heavy (non-hydrogen) atoms. The Balaban J connectivity index is 3.04. The van der Waals surface area contributed by atoms with Crippen LogP contribution in [0.1, 0.15) is 39.0 Å². The summed E-state index contributed by atoms with van der Waals surface area (Å²) in [5.74, 6) is -1.06. The third-order valence-corrected chi connectivity index (χ3v) is 4.18. The van der Waals surface area contributed by atoms with Gasteiger partial charge in [-0.15, -0.1) is 0 Å². The van der Waals surface area contributed by atoms with Gasteiger partial charge < -0.3 is 14.6 Å². The van der Waals surface area contributed by atoms with Crippen molar-refractivity contribution in [2.45, 2.75) is 45.1 Å². The lowest BCUT2D eigenvalue weighted by molar-refractivity contribution is -0.163. The maximum absolute atomic E-state index is 12.3. The number of hydrogen-bond acceptors (Lipinski definition) is 5. The highest BCUT2D eigenvalue weighted by Gasteiger charge is 2.55. The van der Waals surface area contributed by atoms with Gasteiger partial charge in [-0.3, -0.25) is 9.59 Å².